The molecule has 0 aliphatic carbocycles. The third kappa shape index (κ3) is 2.73. The fourth-order valence-electron chi connectivity index (χ4n) is 2.07. The summed E-state index contributed by atoms with van der Waals surface area (Å²) in [6.07, 6.45) is 0.791. The largest absolute Gasteiger partial charge is 0.385 e. The average Bonchev–Trinajstić information content (AvgIpc) is 2.75. The Kier molecular flexibility index (Phi) is 4.51. The van der Waals surface area contributed by atoms with Crippen molar-refractivity contribution in [2.45, 2.75) is 19.9 Å². The van der Waals surface area contributed by atoms with Crippen LogP contribution in [0.3, 0.4) is 0 Å². The maximum atomic E-state index is 12.6. The molecule has 0 radical (unpaired) electrons. The van der Waals surface area contributed by atoms with Crippen molar-refractivity contribution in [1.82, 2.24) is 19.3 Å². The molecular formula is C13H18N4O2S. The number of pyridine rings is 1. The lowest BCUT2D eigenvalue weighted by Crippen LogP contribution is -2.25. The summed E-state index contributed by atoms with van der Waals surface area (Å²) in [5.41, 5.74) is 1.41. The van der Waals surface area contributed by atoms with Gasteiger partial charge in [-0.25, -0.2) is 0 Å². The Balaban J connectivity index is 2.46. The molecule has 2 aromatic heterocycles. The second-order valence-electron chi connectivity index (χ2n) is 4.60. The van der Waals surface area contributed by atoms with Crippen molar-refractivity contribution in [2.75, 3.05) is 13.7 Å². The van der Waals surface area contributed by atoms with Gasteiger partial charge >= 0.3 is 0 Å². The first-order valence-corrected chi connectivity index (χ1v) is 6.78. The molecule has 0 unspecified atom stereocenters. The van der Waals surface area contributed by atoms with Crippen LogP contribution in [0, 0.1) is 11.7 Å². The van der Waals surface area contributed by atoms with Crippen LogP contribution in [-0.2, 0) is 18.3 Å². The Hall–Kier alpha value is -1.73. The Morgan fingerprint density at radius 3 is 2.80 bits per heavy atom. The predicted molar refractivity (Wildman–Crippen MR) is 79.3 cm³/mol. The summed E-state index contributed by atoms with van der Waals surface area (Å²) in [4.78, 5) is 12.6. The zero-order valence-electron chi connectivity index (χ0n) is 11.8. The molecule has 2 heterocycles. The molecule has 108 valence electrons. The third-order valence-corrected chi connectivity index (χ3v) is 3.61. The molecule has 0 bridgehead atoms. The van der Waals surface area contributed by atoms with Gasteiger partial charge in [0.05, 0.1) is 5.56 Å². The highest BCUT2D eigenvalue weighted by Gasteiger charge is 2.13. The zero-order chi connectivity index (χ0) is 14.7. The van der Waals surface area contributed by atoms with Gasteiger partial charge in [-0.2, -0.15) is 5.10 Å². The van der Waals surface area contributed by atoms with E-state index in [1.807, 2.05) is 13.0 Å². The molecule has 1 N–H and O–H groups in total. The minimum Gasteiger partial charge on any atom is -0.385 e. The molecule has 0 amide bonds. The van der Waals surface area contributed by atoms with Crippen LogP contribution in [0.25, 0.3) is 11.4 Å². The van der Waals surface area contributed by atoms with E-state index in [2.05, 4.69) is 10.2 Å². The standard InChI is InChI=1S/C13H18N4O2S/c1-9-5-6-10(11-14-15-13(20)16(11)2)12(18)17(9)7-4-8-19-3/h5-6H,4,7-8H2,1-3H3,(H,15,20). The van der Waals surface area contributed by atoms with E-state index >= 15 is 0 Å². The van der Waals surface area contributed by atoms with Crippen molar-refractivity contribution < 1.29 is 4.74 Å². The van der Waals surface area contributed by atoms with Gasteiger partial charge in [0, 0.05) is 33.0 Å². The number of nitrogens with one attached hydrogen (secondary N) is 1. The molecule has 0 fully saturated rings. The van der Waals surface area contributed by atoms with Crippen LogP contribution < -0.4 is 5.56 Å². The zero-order valence-corrected chi connectivity index (χ0v) is 12.7. The van der Waals surface area contributed by atoms with Gasteiger partial charge in [0.15, 0.2) is 10.6 Å². The monoisotopic (exact) mass is 294 g/mol. The number of methoxy groups -OCH3 is 1. The lowest BCUT2D eigenvalue weighted by molar-refractivity contribution is 0.189. The van der Waals surface area contributed by atoms with E-state index in [0.717, 1.165) is 12.1 Å². The Bertz CT molecular complexity index is 714. The number of H-pyrrole nitrogens is 1. The smallest absolute Gasteiger partial charge is 0.261 e. The lowest BCUT2D eigenvalue weighted by Gasteiger charge is -2.11. The molecule has 0 saturated carbocycles. The van der Waals surface area contributed by atoms with Gasteiger partial charge in [-0.3, -0.25) is 9.89 Å². The first-order valence-electron chi connectivity index (χ1n) is 6.37. The minimum absolute atomic E-state index is 0.0572. The molecule has 0 atom stereocenters. The molecule has 2 rings (SSSR count). The molecule has 0 aliphatic rings. The van der Waals surface area contributed by atoms with E-state index in [0.29, 0.717) is 29.3 Å². The van der Waals surface area contributed by atoms with Crippen molar-refractivity contribution in [3.8, 4) is 11.4 Å². The van der Waals surface area contributed by atoms with E-state index in [4.69, 9.17) is 17.0 Å². The molecule has 0 aromatic carbocycles. The first kappa shape index (κ1) is 14.7. The topological polar surface area (TPSA) is 64.8 Å². The third-order valence-electron chi connectivity index (χ3n) is 3.24. The summed E-state index contributed by atoms with van der Waals surface area (Å²) in [5.74, 6) is 0.556. The van der Waals surface area contributed by atoms with E-state index < -0.39 is 0 Å². The van der Waals surface area contributed by atoms with Gasteiger partial charge in [-0.05, 0) is 37.7 Å². The van der Waals surface area contributed by atoms with Gasteiger partial charge in [-0.1, -0.05) is 0 Å². The van der Waals surface area contributed by atoms with Crippen molar-refractivity contribution in [3.63, 3.8) is 0 Å². The highest BCUT2D eigenvalue weighted by molar-refractivity contribution is 7.71. The molecule has 20 heavy (non-hydrogen) atoms. The fraction of sp³-hybridized carbons (Fsp3) is 0.462. The Morgan fingerprint density at radius 2 is 2.20 bits per heavy atom. The van der Waals surface area contributed by atoms with Gasteiger partial charge < -0.3 is 13.9 Å². The normalized spacial score (nSPS) is 10.9. The van der Waals surface area contributed by atoms with E-state index in [9.17, 15) is 4.79 Å². The predicted octanol–water partition coefficient (Wildman–Crippen LogP) is 1.65. The van der Waals surface area contributed by atoms with Crippen LogP contribution in [0.5, 0.6) is 0 Å². The number of nitrogens with zero attached hydrogens (tertiary/aromatic N) is 3. The number of ether oxygens (including phenoxy) is 1. The van der Waals surface area contributed by atoms with Gasteiger partial charge in [0.2, 0.25) is 0 Å². The maximum Gasteiger partial charge on any atom is 0.261 e. The molecule has 7 heteroatoms. The van der Waals surface area contributed by atoms with Crippen molar-refractivity contribution in [2.24, 2.45) is 7.05 Å². The summed E-state index contributed by atoms with van der Waals surface area (Å²) in [6, 6.07) is 3.71. The number of rotatable bonds is 5. The van der Waals surface area contributed by atoms with Crippen molar-refractivity contribution in [3.05, 3.63) is 33.0 Å². The quantitative estimate of drug-likeness (QED) is 0.673. The summed E-state index contributed by atoms with van der Waals surface area (Å²) in [5, 5.41) is 6.82. The number of aromatic nitrogens is 4. The maximum absolute atomic E-state index is 12.6. The Morgan fingerprint density at radius 1 is 1.45 bits per heavy atom. The molecule has 2 aromatic rings. The minimum atomic E-state index is -0.0572. The number of hydrogen-bond acceptors (Lipinski definition) is 4. The van der Waals surface area contributed by atoms with Crippen molar-refractivity contribution >= 4 is 12.2 Å². The van der Waals surface area contributed by atoms with Crippen LogP contribution in [0.15, 0.2) is 16.9 Å². The van der Waals surface area contributed by atoms with E-state index in [1.54, 1.807) is 29.4 Å². The van der Waals surface area contributed by atoms with Crippen LogP contribution >= 0.6 is 12.2 Å². The Labute approximate surface area is 122 Å². The summed E-state index contributed by atoms with van der Waals surface area (Å²) in [6.45, 7) is 3.17. The number of aromatic amines is 1. The molecule has 0 spiro atoms. The van der Waals surface area contributed by atoms with Gasteiger partial charge in [-0.15, -0.1) is 0 Å². The van der Waals surface area contributed by atoms with Gasteiger partial charge in [0.1, 0.15) is 0 Å². The molecule has 0 aliphatic heterocycles. The van der Waals surface area contributed by atoms with Crippen molar-refractivity contribution in [1.29, 1.82) is 0 Å². The second-order valence-corrected chi connectivity index (χ2v) is 4.99. The summed E-state index contributed by atoms with van der Waals surface area (Å²) in [7, 11) is 3.44. The van der Waals surface area contributed by atoms with Crippen LogP contribution in [-0.4, -0.2) is 33.0 Å². The molecular weight excluding hydrogens is 276 g/mol. The summed E-state index contributed by atoms with van der Waals surface area (Å²) >= 11 is 5.08. The summed E-state index contributed by atoms with van der Waals surface area (Å²) < 4.78 is 8.96. The number of hydrogen-bond donors (Lipinski definition) is 1. The second kappa shape index (κ2) is 6.15. The van der Waals surface area contributed by atoms with Crippen LogP contribution in [0.4, 0.5) is 0 Å². The molecule has 0 saturated heterocycles. The molecule has 6 nitrogen and oxygen atoms in total. The highest BCUT2D eigenvalue weighted by atomic mass is 32.1. The van der Waals surface area contributed by atoms with E-state index in [1.165, 1.54) is 0 Å². The number of aryl methyl sites for hydroxylation is 1. The van der Waals surface area contributed by atoms with Gasteiger partial charge in [0.25, 0.3) is 5.56 Å². The first-order chi connectivity index (χ1) is 9.56. The van der Waals surface area contributed by atoms with E-state index in [-0.39, 0.29) is 5.56 Å². The lowest BCUT2D eigenvalue weighted by atomic mass is 10.2. The average molecular weight is 294 g/mol. The van der Waals surface area contributed by atoms with Crippen LogP contribution in [0.2, 0.25) is 0 Å². The SMILES string of the molecule is COCCCn1c(C)ccc(-c2n[nH]c(=S)n2C)c1=O. The highest BCUT2D eigenvalue weighted by Crippen LogP contribution is 2.12. The van der Waals surface area contributed by atoms with Crippen LogP contribution in [0.1, 0.15) is 12.1 Å². The fourth-order valence-corrected chi connectivity index (χ4v) is 2.21.